The van der Waals surface area contributed by atoms with E-state index < -0.39 is 11.4 Å². The number of hydrogen-bond donors (Lipinski definition) is 2. The fourth-order valence-electron chi connectivity index (χ4n) is 3.15. The van der Waals surface area contributed by atoms with Crippen LogP contribution in [0, 0.1) is 5.41 Å². The van der Waals surface area contributed by atoms with Gasteiger partial charge in [0.1, 0.15) is 0 Å². The van der Waals surface area contributed by atoms with Crippen LogP contribution in [0.25, 0.3) is 11.4 Å². The first-order valence-electron chi connectivity index (χ1n) is 10.3. The predicted molar refractivity (Wildman–Crippen MR) is 116 cm³/mol. The molecule has 0 aliphatic heterocycles. The molecule has 8 heteroatoms. The number of carboxylic acids is 1. The van der Waals surface area contributed by atoms with Gasteiger partial charge in [0.05, 0.1) is 17.5 Å². The summed E-state index contributed by atoms with van der Waals surface area (Å²) in [6.07, 6.45) is 2.13. The van der Waals surface area contributed by atoms with E-state index in [2.05, 4.69) is 39.8 Å². The fourth-order valence-corrected chi connectivity index (χ4v) is 3.15. The van der Waals surface area contributed by atoms with Crippen molar-refractivity contribution < 1.29 is 14.7 Å². The molecule has 0 aliphatic carbocycles. The minimum Gasteiger partial charge on any atom is -0.478 e. The second kappa shape index (κ2) is 9.51. The molecule has 0 bridgehead atoms. The van der Waals surface area contributed by atoms with Gasteiger partial charge in [-0.05, 0) is 48.7 Å². The number of carbonyl (C=O) groups is 2. The van der Waals surface area contributed by atoms with Crippen molar-refractivity contribution >= 4 is 11.9 Å². The summed E-state index contributed by atoms with van der Waals surface area (Å²) in [5.41, 5.74) is 2.43. The third-order valence-corrected chi connectivity index (χ3v) is 5.01. The van der Waals surface area contributed by atoms with Gasteiger partial charge in [0.15, 0.2) is 0 Å². The van der Waals surface area contributed by atoms with Gasteiger partial charge < -0.3 is 10.4 Å². The van der Waals surface area contributed by atoms with Gasteiger partial charge in [0, 0.05) is 12.1 Å². The highest BCUT2D eigenvalue weighted by Gasteiger charge is 2.29. The van der Waals surface area contributed by atoms with E-state index in [0.717, 1.165) is 24.0 Å². The highest BCUT2D eigenvalue weighted by Crippen LogP contribution is 2.20. The normalized spacial score (nSPS) is 11.3. The molecule has 0 radical (unpaired) electrons. The molecular weight excluding hydrogens is 394 g/mol. The van der Waals surface area contributed by atoms with Crippen LogP contribution in [0.4, 0.5) is 0 Å². The molecule has 2 aromatic carbocycles. The zero-order chi connectivity index (χ0) is 22.4. The fraction of sp³-hybridized carbons (Fsp3) is 0.348. The maximum Gasteiger partial charge on any atom is 0.335 e. The van der Waals surface area contributed by atoms with Gasteiger partial charge in [-0.1, -0.05) is 49.7 Å². The molecule has 1 heterocycles. The molecule has 3 aromatic rings. The van der Waals surface area contributed by atoms with E-state index in [0.29, 0.717) is 12.4 Å². The van der Waals surface area contributed by atoms with Crippen molar-refractivity contribution in [2.24, 2.45) is 5.41 Å². The Bertz CT molecular complexity index is 1040. The monoisotopic (exact) mass is 421 g/mol. The summed E-state index contributed by atoms with van der Waals surface area (Å²) in [5, 5.41) is 24.5. The lowest BCUT2D eigenvalue weighted by molar-refractivity contribution is -0.130. The average Bonchev–Trinajstić information content (AvgIpc) is 3.20. The van der Waals surface area contributed by atoms with Crippen LogP contribution >= 0.6 is 0 Å². The number of aryl methyl sites for hydroxylation is 1. The predicted octanol–water partition coefficient (Wildman–Crippen LogP) is 3.33. The third kappa shape index (κ3) is 5.75. The number of aromatic nitrogens is 4. The Morgan fingerprint density at radius 1 is 1.03 bits per heavy atom. The lowest BCUT2D eigenvalue weighted by Crippen LogP contribution is -2.39. The minimum absolute atomic E-state index is 0.155. The number of hydrogen-bond acceptors (Lipinski definition) is 5. The second-order valence-electron chi connectivity index (χ2n) is 8.16. The van der Waals surface area contributed by atoms with E-state index in [1.165, 1.54) is 22.5 Å². The molecule has 31 heavy (non-hydrogen) atoms. The number of amides is 1. The first-order valence-corrected chi connectivity index (χ1v) is 10.3. The van der Waals surface area contributed by atoms with E-state index in [1.54, 1.807) is 12.1 Å². The van der Waals surface area contributed by atoms with Crippen LogP contribution in [0.1, 0.15) is 48.7 Å². The lowest BCUT2D eigenvalue weighted by Gasteiger charge is -2.22. The summed E-state index contributed by atoms with van der Waals surface area (Å²) in [5.74, 6) is -0.608. The molecular formula is C23H27N5O3. The molecule has 0 fully saturated rings. The van der Waals surface area contributed by atoms with Crippen molar-refractivity contribution in [1.29, 1.82) is 0 Å². The van der Waals surface area contributed by atoms with Crippen molar-refractivity contribution in [3.63, 3.8) is 0 Å². The Hall–Kier alpha value is -3.55. The van der Waals surface area contributed by atoms with E-state index in [-0.39, 0.29) is 18.0 Å². The molecule has 3 rings (SSSR count). The first kappa shape index (κ1) is 22.1. The topological polar surface area (TPSA) is 110 Å². The van der Waals surface area contributed by atoms with Gasteiger partial charge in [0.25, 0.3) is 0 Å². The zero-order valence-electron chi connectivity index (χ0n) is 18.0. The largest absolute Gasteiger partial charge is 0.478 e. The molecule has 0 spiro atoms. The maximum absolute atomic E-state index is 12.7. The number of carboxylic acid groups (broad SMARTS) is 1. The summed E-state index contributed by atoms with van der Waals surface area (Å²) < 4.78 is 0. The maximum atomic E-state index is 12.7. The van der Waals surface area contributed by atoms with Gasteiger partial charge in [-0.3, -0.25) is 4.79 Å². The smallest absolute Gasteiger partial charge is 0.335 e. The number of rotatable bonds is 9. The van der Waals surface area contributed by atoms with Gasteiger partial charge in [-0.2, -0.15) is 4.80 Å². The van der Waals surface area contributed by atoms with Crippen LogP contribution in [-0.2, 0) is 24.3 Å². The van der Waals surface area contributed by atoms with Crippen molar-refractivity contribution in [3.8, 4) is 11.4 Å². The van der Waals surface area contributed by atoms with E-state index >= 15 is 0 Å². The second-order valence-corrected chi connectivity index (χ2v) is 8.16. The van der Waals surface area contributed by atoms with E-state index in [9.17, 15) is 9.59 Å². The minimum atomic E-state index is -0.978. The number of aromatic carboxylic acids is 1. The van der Waals surface area contributed by atoms with Gasteiger partial charge in [0.2, 0.25) is 11.7 Å². The highest BCUT2D eigenvalue weighted by molar-refractivity contribution is 5.87. The molecule has 0 aliphatic rings. The van der Waals surface area contributed by atoms with Crippen LogP contribution in [0.15, 0.2) is 48.5 Å². The molecule has 0 saturated heterocycles. The molecule has 1 aromatic heterocycles. The summed E-state index contributed by atoms with van der Waals surface area (Å²) in [6.45, 7) is 6.37. The Morgan fingerprint density at radius 2 is 1.68 bits per heavy atom. The molecule has 0 saturated carbocycles. The average molecular weight is 422 g/mol. The SMILES string of the molecule is CCCc1ccc(-c2nnn(CC(C)(C)C(=O)NCc3ccc(C(=O)O)cc3)n2)cc1. The van der Waals surface area contributed by atoms with Crippen LogP contribution in [0.5, 0.6) is 0 Å². The molecule has 0 atom stereocenters. The zero-order valence-corrected chi connectivity index (χ0v) is 18.0. The molecule has 2 N–H and O–H groups in total. The van der Waals surface area contributed by atoms with Gasteiger partial charge >= 0.3 is 5.97 Å². The highest BCUT2D eigenvalue weighted by atomic mass is 16.4. The summed E-state index contributed by atoms with van der Waals surface area (Å²) >= 11 is 0. The van der Waals surface area contributed by atoms with Crippen LogP contribution in [0.3, 0.4) is 0 Å². The summed E-state index contributed by atoms with van der Waals surface area (Å²) in [4.78, 5) is 25.1. The molecule has 1 amide bonds. The van der Waals surface area contributed by atoms with Crippen LogP contribution < -0.4 is 5.32 Å². The first-order chi connectivity index (χ1) is 14.8. The number of tetrazole rings is 1. The van der Waals surface area contributed by atoms with Crippen LogP contribution in [-0.4, -0.2) is 37.2 Å². The number of nitrogens with zero attached hydrogens (tertiary/aromatic N) is 4. The molecule has 0 unspecified atom stereocenters. The lowest BCUT2D eigenvalue weighted by atomic mass is 9.92. The van der Waals surface area contributed by atoms with E-state index in [4.69, 9.17) is 5.11 Å². The third-order valence-electron chi connectivity index (χ3n) is 5.01. The van der Waals surface area contributed by atoms with Gasteiger partial charge in [-0.25, -0.2) is 4.79 Å². The molecule has 8 nitrogen and oxygen atoms in total. The quantitative estimate of drug-likeness (QED) is 0.548. The van der Waals surface area contributed by atoms with Crippen molar-refractivity contribution in [2.75, 3.05) is 0 Å². The Balaban J connectivity index is 1.59. The summed E-state index contributed by atoms with van der Waals surface area (Å²) in [6, 6.07) is 14.5. The molecule has 162 valence electrons. The Labute approximate surface area is 181 Å². The van der Waals surface area contributed by atoms with Crippen LogP contribution in [0.2, 0.25) is 0 Å². The van der Waals surface area contributed by atoms with Crippen molar-refractivity contribution in [2.45, 2.75) is 46.7 Å². The van der Waals surface area contributed by atoms with Crippen molar-refractivity contribution in [3.05, 3.63) is 65.2 Å². The standard InChI is InChI=1S/C23H27N5O3/c1-4-5-16-6-10-18(11-7-16)20-25-27-28(26-20)15-23(2,3)22(31)24-14-17-8-12-19(13-9-17)21(29)30/h6-13H,4-5,14-15H2,1-3H3,(H,24,31)(H,29,30). The Kier molecular flexibility index (Phi) is 6.79. The number of nitrogens with one attached hydrogen (secondary N) is 1. The van der Waals surface area contributed by atoms with E-state index in [1.807, 2.05) is 26.0 Å². The van der Waals surface area contributed by atoms with Crippen molar-refractivity contribution in [1.82, 2.24) is 25.5 Å². The number of carbonyl (C=O) groups excluding carboxylic acids is 1. The van der Waals surface area contributed by atoms with Gasteiger partial charge in [-0.15, -0.1) is 10.2 Å². The number of benzene rings is 2. The summed E-state index contributed by atoms with van der Waals surface area (Å²) in [7, 11) is 0. The Morgan fingerprint density at radius 3 is 2.29 bits per heavy atom.